The standard InChI is InChI=1S/C20H18N4O2S/c25-19(12-24-17-3-1-2-4-18(17)27-13-20(24)26)22-11-15-5-7-16(8-6-15)23-10-9-21-14-23/h1-10,14H,11-13H2,(H,22,25). The summed E-state index contributed by atoms with van der Waals surface area (Å²) in [6.45, 7) is 0.449. The molecule has 0 unspecified atom stereocenters. The molecule has 2 amide bonds. The van der Waals surface area contributed by atoms with E-state index in [4.69, 9.17) is 0 Å². The molecule has 1 aliphatic heterocycles. The molecule has 4 rings (SSSR count). The first-order valence-corrected chi connectivity index (χ1v) is 9.55. The number of benzene rings is 2. The Balaban J connectivity index is 1.37. The summed E-state index contributed by atoms with van der Waals surface area (Å²) in [5.74, 6) is 0.141. The Hall–Kier alpha value is -3.06. The van der Waals surface area contributed by atoms with Gasteiger partial charge in [0.15, 0.2) is 0 Å². The maximum absolute atomic E-state index is 12.4. The van der Waals surface area contributed by atoms with Crippen LogP contribution in [0, 0.1) is 0 Å². The summed E-state index contributed by atoms with van der Waals surface area (Å²) in [7, 11) is 0. The first kappa shape index (κ1) is 17.4. The minimum atomic E-state index is -0.177. The topological polar surface area (TPSA) is 67.2 Å². The lowest BCUT2D eigenvalue weighted by Gasteiger charge is -2.28. The van der Waals surface area contributed by atoms with Crippen molar-refractivity contribution in [2.45, 2.75) is 11.4 Å². The first-order valence-electron chi connectivity index (χ1n) is 8.57. The van der Waals surface area contributed by atoms with Gasteiger partial charge in [-0.05, 0) is 29.8 Å². The van der Waals surface area contributed by atoms with Crippen molar-refractivity contribution >= 4 is 29.3 Å². The third kappa shape index (κ3) is 3.88. The zero-order valence-electron chi connectivity index (χ0n) is 14.5. The molecular weight excluding hydrogens is 360 g/mol. The lowest BCUT2D eigenvalue weighted by molar-refractivity contribution is -0.123. The molecule has 0 spiro atoms. The van der Waals surface area contributed by atoms with Gasteiger partial charge in [-0.25, -0.2) is 4.98 Å². The lowest BCUT2D eigenvalue weighted by atomic mass is 10.2. The lowest BCUT2D eigenvalue weighted by Crippen LogP contribution is -2.43. The molecular formula is C20H18N4O2S. The molecule has 0 fully saturated rings. The van der Waals surface area contributed by atoms with E-state index in [2.05, 4.69) is 10.3 Å². The van der Waals surface area contributed by atoms with E-state index in [0.29, 0.717) is 12.3 Å². The highest BCUT2D eigenvalue weighted by Crippen LogP contribution is 2.34. The molecule has 0 bridgehead atoms. The molecule has 27 heavy (non-hydrogen) atoms. The minimum Gasteiger partial charge on any atom is -0.350 e. The second-order valence-electron chi connectivity index (χ2n) is 6.15. The van der Waals surface area contributed by atoms with Gasteiger partial charge < -0.3 is 14.8 Å². The van der Waals surface area contributed by atoms with E-state index in [0.717, 1.165) is 21.8 Å². The van der Waals surface area contributed by atoms with Crippen molar-refractivity contribution in [2.24, 2.45) is 0 Å². The Morgan fingerprint density at radius 2 is 1.96 bits per heavy atom. The summed E-state index contributed by atoms with van der Waals surface area (Å²) < 4.78 is 1.92. The van der Waals surface area contributed by atoms with Crippen molar-refractivity contribution in [2.75, 3.05) is 17.2 Å². The fourth-order valence-corrected chi connectivity index (χ4v) is 3.86. The average molecular weight is 378 g/mol. The number of nitrogens with one attached hydrogen (secondary N) is 1. The summed E-state index contributed by atoms with van der Waals surface area (Å²) >= 11 is 1.51. The molecule has 0 atom stereocenters. The Kier molecular flexibility index (Phi) is 4.93. The largest absolute Gasteiger partial charge is 0.350 e. The van der Waals surface area contributed by atoms with Crippen molar-refractivity contribution in [3.8, 4) is 5.69 Å². The van der Waals surface area contributed by atoms with Crippen LogP contribution in [0.3, 0.4) is 0 Å². The monoisotopic (exact) mass is 378 g/mol. The smallest absolute Gasteiger partial charge is 0.240 e. The normalized spacial score (nSPS) is 13.3. The zero-order valence-corrected chi connectivity index (χ0v) is 15.4. The molecule has 0 saturated carbocycles. The predicted octanol–water partition coefficient (Wildman–Crippen LogP) is 2.63. The summed E-state index contributed by atoms with van der Waals surface area (Å²) in [6, 6.07) is 15.6. The van der Waals surface area contributed by atoms with Gasteiger partial charge in [-0.2, -0.15) is 0 Å². The Labute approximate surface area is 161 Å². The van der Waals surface area contributed by atoms with E-state index in [-0.39, 0.29) is 18.4 Å². The number of fused-ring (bicyclic) bond motifs is 1. The number of para-hydroxylation sites is 1. The van der Waals surface area contributed by atoms with Gasteiger partial charge in [-0.1, -0.05) is 24.3 Å². The third-order valence-electron chi connectivity index (χ3n) is 4.34. The van der Waals surface area contributed by atoms with Crippen molar-refractivity contribution < 1.29 is 9.59 Å². The number of amides is 2. The average Bonchev–Trinajstić information content (AvgIpc) is 3.24. The Morgan fingerprint density at radius 1 is 1.15 bits per heavy atom. The maximum Gasteiger partial charge on any atom is 0.240 e. The number of rotatable bonds is 5. The molecule has 3 aromatic rings. The van der Waals surface area contributed by atoms with Crippen molar-refractivity contribution in [1.82, 2.24) is 14.9 Å². The van der Waals surface area contributed by atoms with Gasteiger partial charge in [0.2, 0.25) is 11.8 Å². The molecule has 0 radical (unpaired) electrons. The number of carbonyl (C=O) groups excluding carboxylic acids is 2. The third-order valence-corrected chi connectivity index (χ3v) is 5.39. The second-order valence-corrected chi connectivity index (χ2v) is 7.17. The highest BCUT2D eigenvalue weighted by atomic mass is 32.2. The molecule has 7 heteroatoms. The highest BCUT2D eigenvalue weighted by Gasteiger charge is 2.25. The number of hydrogen-bond donors (Lipinski definition) is 1. The number of aromatic nitrogens is 2. The van der Waals surface area contributed by atoms with Crippen LogP contribution >= 0.6 is 11.8 Å². The van der Waals surface area contributed by atoms with Crippen LogP contribution in [-0.4, -0.2) is 33.7 Å². The number of thioether (sulfide) groups is 1. The van der Waals surface area contributed by atoms with Crippen LogP contribution in [0.2, 0.25) is 0 Å². The summed E-state index contributed by atoms with van der Waals surface area (Å²) in [6.07, 6.45) is 5.34. The fraction of sp³-hybridized carbons (Fsp3) is 0.150. The van der Waals surface area contributed by atoms with Gasteiger partial charge in [0.1, 0.15) is 6.54 Å². The van der Waals surface area contributed by atoms with E-state index in [1.807, 2.05) is 59.3 Å². The van der Waals surface area contributed by atoms with Crippen LogP contribution in [-0.2, 0) is 16.1 Å². The molecule has 0 aliphatic carbocycles. The molecule has 0 saturated heterocycles. The summed E-state index contributed by atoms with van der Waals surface area (Å²) in [5, 5.41) is 2.89. The van der Waals surface area contributed by atoms with E-state index >= 15 is 0 Å². The van der Waals surface area contributed by atoms with Crippen LogP contribution < -0.4 is 10.2 Å². The van der Waals surface area contributed by atoms with E-state index in [1.54, 1.807) is 17.4 Å². The van der Waals surface area contributed by atoms with E-state index in [9.17, 15) is 9.59 Å². The second kappa shape index (κ2) is 7.67. The number of nitrogens with zero attached hydrogens (tertiary/aromatic N) is 3. The molecule has 2 heterocycles. The quantitative estimate of drug-likeness (QED) is 0.741. The van der Waals surface area contributed by atoms with Crippen LogP contribution in [0.15, 0.2) is 72.1 Å². The Morgan fingerprint density at radius 3 is 2.74 bits per heavy atom. The molecule has 6 nitrogen and oxygen atoms in total. The molecule has 136 valence electrons. The zero-order chi connectivity index (χ0) is 18.6. The molecule has 2 aromatic carbocycles. The van der Waals surface area contributed by atoms with Gasteiger partial charge in [0, 0.05) is 29.5 Å². The maximum atomic E-state index is 12.4. The van der Waals surface area contributed by atoms with E-state index < -0.39 is 0 Å². The predicted molar refractivity (Wildman–Crippen MR) is 105 cm³/mol. The number of anilines is 1. The van der Waals surface area contributed by atoms with Crippen LogP contribution in [0.4, 0.5) is 5.69 Å². The molecule has 1 N–H and O–H groups in total. The number of carbonyl (C=O) groups is 2. The van der Waals surface area contributed by atoms with E-state index in [1.165, 1.54) is 11.8 Å². The van der Waals surface area contributed by atoms with Gasteiger partial charge in [-0.15, -0.1) is 11.8 Å². The first-order chi connectivity index (χ1) is 13.2. The van der Waals surface area contributed by atoms with Crippen molar-refractivity contribution in [3.63, 3.8) is 0 Å². The highest BCUT2D eigenvalue weighted by molar-refractivity contribution is 8.00. The van der Waals surface area contributed by atoms with Crippen molar-refractivity contribution in [1.29, 1.82) is 0 Å². The number of hydrogen-bond acceptors (Lipinski definition) is 4. The van der Waals surface area contributed by atoms with Gasteiger partial charge in [0.05, 0.1) is 17.8 Å². The van der Waals surface area contributed by atoms with Gasteiger partial charge >= 0.3 is 0 Å². The van der Waals surface area contributed by atoms with Crippen molar-refractivity contribution in [3.05, 3.63) is 72.8 Å². The SMILES string of the molecule is O=C(CN1C(=O)CSc2ccccc21)NCc1ccc(-n2ccnc2)cc1. The van der Waals surface area contributed by atoms with Gasteiger partial charge in [0.25, 0.3) is 0 Å². The molecule has 1 aliphatic rings. The summed E-state index contributed by atoms with van der Waals surface area (Å²) in [5.41, 5.74) is 2.81. The molecule has 1 aromatic heterocycles. The van der Waals surface area contributed by atoms with Crippen LogP contribution in [0.1, 0.15) is 5.56 Å². The number of imidazole rings is 1. The van der Waals surface area contributed by atoms with Gasteiger partial charge in [-0.3, -0.25) is 9.59 Å². The van der Waals surface area contributed by atoms with Crippen LogP contribution in [0.5, 0.6) is 0 Å². The summed E-state index contributed by atoms with van der Waals surface area (Å²) in [4.78, 5) is 31.2. The van der Waals surface area contributed by atoms with Crippen LogP contribution in [0.25, 0.3) is 5.69 Å². The fourth-order valence-electron chi connectivity index (χ4n) is 2.93. The minimum absolute atomic E-state index is 0.0313. The Bertz CT molecular complexity index is 954.